The van der Waals surface area contributed by atoms with Crippen molar-refractivity contribution in [1.29, 1.82) is 0 Å². The maximum atomic E-state index is 11.0. The first kappa shape index (κ1) is 21.9. The largest absolute Gasteiger partial charge is 1.00 e. The summed E-state index contributed by atoms with van der Waals surface area (Å²) in [6.07, 6.45) is 3.03. The smallest absolute Gasteiger partial charge is 0.748 e. The molecule has 2 aromatic carbocycles. The number of allylic oxidation sites excluding steroid dienone is 1. The minimum absolute atomic E-state index is 0. The topological polar surface area (TPSA) is 60.4 Å². The monoisotopic (exact) mass is 415 g/mol. The molecule has 132 valence electrons. The van der Waals surface area contributed by atoms with Crippen LogP contribution in [0.1, 0.15) is 19.8 Å². The van der Waals surface area contributed by atoms with E-state index in [0.29, 0.717) is 6.54 Å². The van der Waals surface area contributed by atoms with Gasteiger partial charge in [0.2, 0.25) is 0 Å². The number of nitrogens with zero attached hydrogens (tertiary/aromatic N) is 1. The fourth-order valence-corrected chi connectivity index (χ4v) is 4.68. The van der Waals surface area contributed by atoms with Crippen molar-refractivity contribution < 1.29 is 42.5 Å². The molecule has 0 radical (unpaired) electrons. The van der Waals surface area contributed by atoms with Crippen LogP contribution in [0.5, 0.6) is 0 Å². The summed E-state index contributed by atoms with van der Waals surface area (Å²) in [6.45, 7) is 2.48. The van der Waals surface area contributed by atoms with Gasteiger partial charge < -0.3 is 9.45 Å². The van der Waals surface area contributed by atoms with E-state index in [9.17, 15) is 13.0 Å². The van der Waals surface area contributed by atoms with Crippen LogP contribution >= 0.6 is 24.0 Å². The summed E-state index contributed by atoms with van der Waals surface area (Å²) in [4.78, 5) is 4.06. The molecular weight excluding hydrogens is 397 g/mol. The van der Waals surface area contributed by atoms with Gasteiger partial charge in [-0.15, -0.1) is 0 Å². The normalized spacial score (nSPS) is 15.2. The van der Waals surface area contributed by atoms with Crippen LogP contribution in [0.4, 0.5) is 5.69 Å². The molecule has 1 aliphatic heterocycles. The van der Waals surface area contributed by atoms with Crippen LogP contribution in [-0.2, 0) is 10.1 Å². The van der Waals surface area contributed by atoms with Gasteiger partial charge in [0.15, 0.2) is 0 Å². The van der Waals surface area contributed by atoms with E-state index in [1.165, 1.54) is 0 Å². The third kappa shape index (κ3) is 5.10. The standard InChI is InChI=1S/C18H19NO3S3.Na/c1-2-14(23)12-17-19(10-5-11-25(20,21)22)18-15-7-4-3-6-13(15)8-9-16(18)24-17;/h3-4,6-9,12H,2,5,10-11H2,1H3,(H,20,21,22);/q;+1/p-1. The molecule has 0 saturated heterocycles. The summed E-state index contributed by atoms with van der Waals surface area (Å²) in [6, 6.07) is 12.3. The number of benzene rings is 2. The van der Waals surface area contributed by atoms with Crippen molar-refractivity contribution in [3.63, 3.8) is 0 Å². The Kier molecular flexibility index (Phi) is 7.73. The number of hydrogen-bond donors (Lipinski definition) is 0. The summed E-state index contributed by atoms with van der Waals surface area (Å²) in [5.41, 5.74) is 1.07. The van der Waals surface area contributed by atoms with Gasteiger partial charge in [-0.05, 0) is 30.4 Å². The average Bonchev–Trinajstić information content (AvgIpc) is 2.91. The van der Waals surface area contributed by atoms with E-state index in [0.717, 1.165) is 37.7 Å². The van der Waals surface area contributed by atoms with Gasteiger partial charge in [-0.3, -0.25) is 0 Å². The maximum absolute atomic E-state index is 11.0. The molecular formula is C18H18NNaO3S3. The molecule has 0 aromatic heterocycles. The third-order valence-corrected chi connectivity index (χ3v) is 6.31. The summed E-state index contributed by atoms with van der Waals surface area (Å²) in [7, 11) is -4.21. The molecule has 0 saturated carbocycles. The summed E-state index contributed by atoms with van der Waals surface area (Å²) in [5, 5.41) is 3.23. The molecule has 0 bridgehead atoms. The van der Waals surface area contributed by atoms with Crippen LogP contribution < -0.4 is 34.5 Å². The van der Waals surface area contributed by atoms with Crippen molar-refractivity contribution in [2.75, 3.05) is 17.2 Å². The van der Waals surface area contributed by atoms with Crippen molar-refractivity contribution in [3.8, 4) is 0 Å². The molecule has 0 fully saturated rings. The molecule has 8 heteroatoms. The minimum atomic E-state index is -4.21. The van der Waals surface area contributed by atoms with Crippen molar-refractivity contribution >= 4 is 55.4 Å². The predicted octanol–water partition coefficient (Wildman–Crippen LogP) is 1.31. The number of rotatable bonds is 6. The fraction of sp³-hybridized carbons (Fsp3) is 0.278. The average molecular weight is 416 g/mol. The summed E-state index contributed by atoms with van der Waals surface area (Å²) in [5.74, 6) is -0.361. The van der Waals surface area contributed by atoms with Crippen LogP contribution in [-0.4, -0.2) is 30.1 Å². The number of thiocarbonyl (C=S) groups is 1. The zero-order valence-electron chi connectivity index (χ0n) is 14.8. The molecule has 2 aromatic rings. The zero-order valence-corrected chi connectivity index (χ0v) is 19.2. The van der Waals surface area contributed by atoms with E-state index in [4.69, 9.17) is 12.2 Å². The molecule has 26 heavy (non-hydrogen) atoms. The van der Waals surface area contributed by atoms with Crippen molar-refractivity contribution in [2.24, 2.45) is 0 Å². The molecule has 0 aliphatic carbocycles. The first-order valence-electron chi connectivity index (χ1n) is 8.04. The van der Waals surface area contributed by atoms with Crippen LogP contribution in [0.2, 0.25) is 0 Å². The van der Waals surface area contributed by atoms with E-state index in [1.807, 2.05) is 25.1 Å². The maximum Gasteiger partial charge on any atom is 1.00 e. The number of fused-ring (bicyclic) bond motifs is 3. The number of thioether (sulfide) groups is 1. The van der Waals surface area contributed by atoms with Gasteiger partial charge in [0.05, 0.1) is 20.8 Å². The van der Waals surface area contributed by atoms with Crippen LogP contribution in [0, 0.1) is 0 Å². The molecule has 0 amide bonds. The van der Waals surface area contributed by atoms with E-state index in [-0.39, 0.29) is 41.7 Å². The van der Waals surface area contributed by atoms with E-state index in [1.54, 1.807) is 11.8 Å². The second-order valence-corrected chi connectivity index (χ2v) is 8.92. The van der Waals surface area contributed by atoms with Gasteiger partial charge in [-0.25, -0.2) is 8.42 Å². The third-order valence-electron chi connectivity index (χ3n) is 4.02. The Bertz CT molecular complexity index is 957. The fourth-order valence-electron chi connectivity index (χ4n) is 2.84. The zero-order chi connectivity index (χ0) is 18.0. The molecule has 3 rings (SSSR count). The molecule has 4 nitrogen and oxygen atoms in total. The van der Waals surface area contributed by atoms with Gasteiger partial charge >= 0.3 is 29.6 Å². The molecule has 0 unspecified atom stereocenters. The quantitative estimate of drug-likeness (QED) is 0.307. The summed E-state index contributed by atoms with van der Waals surface area (Å²) >= 11 is 6.99. The second-order valence-electron chi connectivity index (χ2n) is 5.80. The summed E-state index contributed by atoms with van der Waals surface area (Å²) < 4.78 is 32.9. The number of anilines is 1. The molecule has 0 spiro atoms. The minimum Gasteiger partial charge on any atom is -0.748 e. The van der Waals surface area contributed by atoms with Crippen molar-refractivity contribution in [1.82, 2.24) is 0 Å². The Morgan fingerprint density at radius 1 is 1.27 bits per heavy atom. The van der Waals surface area contributed by atoms with Crippen molar-refractivity contribution in [2.45, 2.75) is 24.7 Å². The van der Waals surface area contributed by atoms with Gasteiger partial charge in [0, 0.05) is 27.4 Å². The molecule has 0 atom stereocenters. The van der Waals surface area contributed by atoms with Gasteiger partial charge in [0.1, 0.15) is 0 Å². The molecule has 1 heterocycles. The Labute approximate surface area is 186 Å². The number of hydrogen-bond acceptors (Lipinski definition) is 6. The van der Waals surface area contributed by atoms with E-state index >= 15 is 0 Å². The van der Waals surface area contributed by atoms with E-state index < -0.39 is 10.1 Å². The Morgan fingerprint density at radius 3 is 2.69 bits per heavy atom. The first-order valence-corrected chi connectivity index (χ1v) is 10.8. The molecule has 0 N–H and O–H groups in total. The Balaban J connectivity index is 0.00000243. The molecule has 1 aliphatic rings. The second kappa shape index (κ2) is 9.19. The van der Waals surface area contributed by atoms with Crippen LogP contribution in [0.15, 0.2) is 52.4 Å². The van der Waals surface area contributed by atoms with E-state index in [2.05, 4.69) is 29.2 Å². The SMILES string of the molecule is CCC(=S)C=C1Sc2ccc3ccccc3c2N1CCCS(=O)(=O)[O-].[Na+]. The van der Waals surface area contributed by atoms with Gasteiger partial charge in [0.25, 0.3) is 0 Å². The van der Waals surface area contributed by atoms with Crippen molar-refractivity contribution in [3.05, 3.63) is 47.5 Å². The van der Waals surface area contributed by atoms with Crippen LogP contribution in [0.25, 0.3) is 10.8 Å². The Morgan fingerprint density at radius 2 is 2.00 bits per heavy atom. The first-order chi connectivity index (χ1) is 11.9. The Hall–Kier alpha value is -0.410. The van der Waals surface area contributed by atoms with Crippen LogP contribution in [0.3, 0.4) is 0 Å². The van der Waals surface area contributed by atoms with Gasteiger partial charge in [-0.1, -0.05) is 61.2 Å². The van der Waals surface area contributed by atoms with Gasteiger partial charge in [-0.2, -0.15) is 0 Å². The predicted molar refractivity (Wildman–Crippen MR) is 107 cm³/mol.